The molecule has 1 aliphatic heterocycles. The van der Waals surface area contributed by atoms with E-state index >= 15 is 0 Å². The second-order valence-corrected chi connectivity index (χ2v) is 7.07. The van der Waals surface area contributed by atoms with E-state index in [1.165, 1.54) is 30.0 Å². The minimum atomic E-state index is 0.675. The first kappa shape index (κ1) is 14.8. The molecular formula is C16H24N4S. The maximum atomic E-state index is 4.20. The fraction of sp³-hybridized carbons (Fsp3) is 0.562. The van der Waals surface area contributed by atoms with E-state index in [-0.39, 0.29) is 0 Å². The SMILES string of the molecule is CC(C)N1CC[C@H](CNCc2cn[nH]c2-c2cccs2)C1. The predicted octanol–water partition coefficient (Wildman–Crippen LogP) is 2.96. The van der Waals surface area contributed by atoms with Crippen molar-refractivity contribution in [3.63, 3.8) is 0 Å². The molecule has 2 aromatic heterocycles. The molecule has 5 heteroatoms. The van der Waals surface area contributed by atoms with Crippen molar-refractivity contribution in [1.82, 2.24) is 20.4 Å². The number of nitrogens with zero attached hydrogens (tertiary/aromatic N) is 2. The van der Waals surface area contributed by atoms with Gasteiger partial charge in [-0.3, -0.25) is 5.10 Å². The summed E-state index contributed by atoms with van der Waals surface area (Å²) in [4.78, 5) is 3.83. The number of aromatic amines is 1. The summed E-state index contributed by atoms with van der Waals surface area (Å²) in [5.41, 5.74) is 2.42. The Morgan fingerprint density at radius 1 is 1.52 bits per heavy atom. The van der Waals surface area contributed by atoms with E-state index in [4.69, 9.17) is 0 Å². The van der Waals surface area contributed by atoms with Gasteiger partial charge in [-0.05, 0) is 50.7 Å². The first-order valence-electron chi connectivity index (χ1n) is 7.75. The summed E-state index contributed by atoms with van der Waals surface area (Å²) >= 11 is 1.75. The number of rotatable bonds is 6. The van der Waals surface area contributed by atoms with Crippen molar-refractivity contribution in [3.05, 3.63) is 29.3 Å². The van der Waals surface area contributed by atoms with Gasteiger partial charge in [0.1, 0.15) is 0 Å². The van der Waals surface area contributed by atoms with Crippen LogP contribution in [0.25, 0.3) is 10.6 Å². The Labute approximate surface area is 130 Å². The number of thiophene rings is 1. The van der Waals surface area contributed by atoms with Gasteiger partial charge in [0.2, 0.25) is 0 Å². The van der Waals surface area contributed by atoms with Crippen LogP contribution in [0.1, 0.15) is 25.8 Å². The lowest BCUT2D eigenvalue weighted by molar-refractivity contribution is 0.264. The van der Waals surface area contributed by atoms with E-state index in [9.17, 15) is 0 Å². The van der Waals surface area contributed by atoms with E-state index in [1.807, 2.05) is 6.20 Å². The van der Waals surface area contributed by atoms with Gasteiger partial charge in [-0.2, -0.15) is 5.10 Å². The summed E-state index contributed by atoms with van der Waals surface area (Å²) in [5, 5.41) is 13.0. The van der Waals surface area contributed by atoms with E-state index < -0.39 is 0 Å². The molecule has 21 heavy (non-hydrogen) atoms. The molecule has 2 aromatic rings. The molecule has 0 aromatic carbocycles. The molecule has 1 atom stereocenters. The van der Waals surface area contributed by atoms with Gasteiger partial charge >= 0.3 is 0 Å². The predicted molar refractivity (Wildman–Crippen MR) is 88.4 cm³/mol. The van der Waals surface area contributed by atoms with Crippen LogP contribution in [0.4, 0.5) is 0 Å². The van der Waals surface area contributed by atoms with E-state index in [0.717, 1.165) is 24.7 Å². The largest absolute Gasteiger partial charge is 0.312 e. The van der Waals surface area contributed by atoms with Crippen LogP contribution in [0.15, 0.2) is 23.7 Å². The van der Waals surface area contributed by atoms with Crippen molar-refractivity contribution in [2.45, 2.75) is 32.9 Å². The minimum absolute atomic E-state index is 0.675. The Balaban J connectivity index is 1.50. The molecule has 0 unspecified atom stereocenters. The number of hydrogen-bond acceptors (Lipinski definition) is 4. The highest BCUT2D eigenvalue weighted by Gasteiger charge is 2.23. The van der Waals surface area contributed by atoms with Crippen LogP contribution in [0.2, 0.25) is 0 Å². The summed E-state index contributed by atoms with van der Waals surface area (Å²) in [6.45, 7) is 9.04. The monoisotopic (exact) mass is 304 g/mol. The Bertz CT molecular complexity index is 546. The molecule has 0 spiro atoms. The first-order chi connectivity index (χ1) is 10.2. The number of H-pyrrole nitrogens is 1. The van der Waals surface area contributed by atoms with E-state index in [0.29, 0.717) is 6.04 Å². The van der Waals surface area contributed by atoms with Crippen LogP contribution in [0.5, 0.6) is 0 Å². The molecule has 1 fully saturated rings. The summed E-state index contributed by atoms with van der Waals surface area (Å²) in [6, 6.07) is 4.89. The third-order valence-corrected chi connectivity index (χ3v) is 5.17. The Hall–Kier alpha value is -1.17. The molecule has 0 aliphatic carbocycles. The lowest BCUT2D eigenvalue weighted by Crippen LogP contribution is -2.30. The second-order valence-electron chi connectivity index (χ2n) is 6.12. The Morgan fingerprint density at radius 2 is 2.43 bits per heavy atom. The fourth-order valence-corrected chi connectivity index (χ4v) is 3.74. The Kier molecular flexibility index (Phi) is 4.73. The van der Waals surface area contributed by atoms with Gasteiger partial charge in [-0.1, -0.05) is 6.07 Å². The summed E-state index contributed by atoms with van der Waals surface area (Å²) in [5.74, 6) is 0.782. The van der Waals surface area contributed by atoms with Crippen LogP contribution in [0.3, 0.4) is 0 Å². The van der Waals surface area contributed by atoms with E-state index in [2.05, 4.69) is 51.8 Å². The zero-order valence-corrected chi connectivity index (χ0v) is 13.6. The molecule has 1 saturated heterocycles. The van der Waals surface area contributed by atoms with Crippen molar-refractivity contribution in [3.8, 4) is 10.6 Å². The number of likely N-dealkylation sites (tertiary alicyclic amines) is 1. The topological polar surface area (TPSA) is 44.0 Å². The molecule has 2 N–H and O–H groups in total. The zero-order chi connectivity index (χ0) is 14.7. The smallest absolute Gasteiger partial charge is 0.0794 e. The van der Waals surface area contributed by atoms with Crippen LogP contribution >= 0.6 is 11.3 Å². The highest BCUT2D eigenvalue weighted by atomic mass is 32.1. The zero-order valence-electron chi connectivity index (χ0n) is 12.8. The molecule has 3 rings (SSSR count). The van der Waals surface area contributed by atoms with Crippen molar-refractivity contribution < 1.29 is 0 Å². The maximum Gasteiger partial charge on any atom is 0.0794 e. The van der Waals surface area contributed by atoms with Crippen molar-refractivity contribution >= 4 is 11.3 Å². The van der Waals surface area contributed by atoms with Crippen LogP contribution in [0, 0.1) is 5.92 Å². The molecule has 1 aliphatic rings. The molecule has 0 radical (unpaired) electrons. The van der Waals surface area contributed by atoms with Gasteiger partial charge < -0.3 is 10.2 Å². The average Bonchev–Trinajstić information content (AvgIpc) is 3.20. The summed E-state index contributed by atoms with van der Waals surface area (Å²) in [6.07, 6.45) is 3.26. The molecule has 0 bridgehead atoms. The Morgan fingerprint density at radius 3 is 3.14 bits per heavy atom. The number of nitrogens with one attached hydrogen (secondary N) is 2. The van der Waals surface area contributed by atoms with Gasteiger partial charge in [0.05, 0.1) is 16.8 Å². The van der Waals surface area contributed by atoms with Gasteiger partial charge in [-0.15, -0.1) is 11.3 Å². The third-order valence-electron chi connectivity index (χ3n) is 4.28. The maximum absolute atomic E-state index is 4.20. The highest BCUT2D eigenvalue weighted by Crippen LogP contribution is 2.25. The summed E-state index contributed by atoms with van der Waals surface area (Å²) in [7, 11) is 0. The molecule has 4 nitrogen and oxygen atoms in total. The highest BCUT2D eigenvalue weighted by molar-refractivity contribution is 7.13. The van der Waals surface area contributed by atoms with E-state index in [1.54, 1.807) is 11.3 Å². The average molecular weight is 304 g/mol. The lowest BCUT2D eigenvalue weighted by Gasteiger charge is -2.20. The van der Waals surface area contributed by atoms with Crippen LogP contribution < -0.4 is 5.32 Å². The number of aromatic nitrogens is 2. The molecule has 0 amide bonds. The molecule has 3 heterocycles. The van der Waals surface area contributed by atoms with Gasteiger partial charge in [0.25, 0.3) is 0 Å². The van der Waals surface area contributed by atoms with Gasteiger partial charge in [0.15, 0.2) is 0 Å². The molecular weight excluding hydrogens is 280 g/mol. The second kappa shape index (κ2) is 6.73. The number of hydrogen-bond donors (Lipinski definition) is 2. The summed E-state index contributed by atoms with van der Waals surface area (Å²) < 4.78 is 0. The van der Waals surface area contributed by atoms with Crippen molar-refractivity contribution in [2.75, 3.05) is 19.6 Å². The minimum Gasteiger partial charge on any atom is -0.312 e. The van der Waals surface area contributed by atoms with Crippen LogP contribution in [-0.2, 0) is 6.54 Å². The normalized spacial score (nSPS) is 19.7. The third kappa shape index (κ3) is 3.54. The molecule has 0 saturated carbocycles. The standard InChI is InChI=1S/C16H24N4S/c1-12(2)20-6-5-13(11-20)8-17-9-14-10-18-19-16(14)15-4-3-7-21-15/h3-4,7,10,12-13,17H,5-6,8-9,11H2,1-2H3,(H,18,19)/t13-/m1/s1. The van der Waals surface area contributed by atoms with Crippen molar-refractivity contribution in [1.29, 1.82) is 0 Å². The van der Waals surface area contributed by atoms with Crippen LogP contribution in [-0.4, -0.2) is 40.8 Å². The van der Waals surface area contributed by atoms with Gasteiger partial charge in [0, 0.05) is 24.7 Å². The van der Waals surface area contributed by atoms with Gasteiger partial charge in [-0.25, -0.2) is 0 Å². The fourth-order valence-electron chi connectivity index (χ4n) is 2.99. The lowest BCUT2D eigenvalue weighted by atomic mass is 10.1. The molecule has 114 valence electrons. The van der Waals surface area contributed by atoms with Crippen molar-refractivity contribution in [2.24, 2.45) is 5.92 Å². The quantitative estimate of drug-likeness (QED) is 0.862. The first-order valence-corrected chi connectivity index (χ1v) is 8.63.